The minimum absolute atomic E-state index is 0.224. The lowest BCUT2D eigenvalue weighted by Crippen LogP contribution is -2.23. The van der Waals surface area contributed by atoms with Gasteiger partial charge in [0.25, 0.3) is 9.84 Å². The number of aromatic carboxylic acids is 1. The van der Waals surface area contributed by atoms with Crippen molar-refractivity contribution in [2.24, 2.45) is 0 Å². The Balaban J connectivity index is 2.72. The van der Waals surface area contributed by atoms with Crippen LogP contribution in [-0.4, -0.2) is 34.7 Å². The number of alkyl halides is 3. The molecule has 0 aliphatic carbocycles. The van der Waals surface area contributed by atoms with Gasteiger partial charge in [-0.1, -0.05) is 0 Å². The highest BCUT2D eigenvalue weighted by atomic mass is 32.2. The molecule has 0 bridgehead atoms. The number of hydrogen-bond acceptors (Lipinski definition) is 5. The van der Waals surface area contributed by atoms with Crippen LogP contribution < -0.4 is 0 Å². The van der Waals surface area contributed by atoms with E-state index in [0.717, 1.165) is 6.07 Å². The summed E-state index contributed by atoms with van der Waals surface area (Å²) in [6.07, 6.45) is 0. The highest BCUT2D eigenvalue weighted by Gasteiger charge is 2.47. The van der Waals surface area contributed by atoms with Crippen LogP contribution in [0.2, 0.25) is 0 Å². The van der Waals surface area contributed by atoms with Crippen molar-refractivity contribution < 1.29 is 31.5 Å². The summed E-state index contributed by atoms with van der Waals surface area (Å²) < 4.78 is 59.2. The molecule has 0 unspecified atom stereocenters. The smallest absolute Gasteiger partial charge is 0.501 e. The van der Waals surface area contributed by atoms with Crippen molar-refractivity contribution >= 4 is 26.8 Å². The lowest BCUT2D eigenvalue weighted by atomic mass is 10.3. The second-order valence-corrected chi connectivity index (χ2v) is 5.58. The number of benzene rings is 1. The van der Waals surface area contributed by atoms with E-state index in [1.165, 1.54) is 0 Å². The minimum atomic E-state index is -5.62. The molecule has 0 amide bonds. The second-order valence-electron chi connectivity index (χ2n) is 3.63. The van der Waals surface area contributed by atoms with Crippen LogP contribution >= 0.6 is 0 Å². The van der Waals surface area contributed by atoms with Gasteiger partial charge in [-0.15, -0.1) is 0 Å². The Morgan fingerprint density at radius 3 is 2.45 bits per heavy atom. The zero-order valence-electron chi connectivity index (χ0n) is 9.25. The van der Waals surface area contributed by atoms with E-state index in [9.17, 15) is 31.6 Å². The van der Waals surface area contributed by atoms with Gasteiger partial charge in [-0.25, -0.2) is 18.2 Å². The van der Waals surface area contributed by atoms with Gasteiger partial charge in [-0.3, -0.25) is 0 Å². The maximum atomic E-state index is 12.4. The number of halogens is 3. The van der Waals surface area contributed by atoms with E-state index in [1.807, 2.05) is 0 Å². The number of nitrogens with zero attached hydrogens (tertiary/aromatic N) is 2. The van der Waals surface area contributed by atoms with Crippen LogP contribution in [0.4, 0.5) is 13.2 Å². The monoisotopic (exact) mass is 309 g/mol. The third-order valence-corrected chi connectivity index (χ3v) is 3.87. The molecule has 20 heavy (non-hydrogen) atoms. The Morgan fingerprint density at radius 2 is 1.95 bits per heavy atom. The highest BCUT2D eigenvalue weighted by Crippen LogP contribution is 2.31. The second kappa shape index (κ2) is 4.10. The molecule has 0 atom stereocenters. The Labute approximate surface area is 108 Å². The highest BCUT2D eigenvalue weighted by molar-refractivity contribution is 7.92. The number of carbonyl (C=O) groups is 1. The Bertz CT molecular complexity index is 809. The van der Waals surface area contributed by atoms with Crippen molar-refractivity contribution in [2.75, 3.05) is 0 Å². The minimum Gasteiger partial charge on any atom is -0.804 e. The van der Waals surface area contributed by atoms with Gasteiger partial charge in [0.05, 0.1) is 15.9 Å². The molecule has 108 valence electrons. The van der Waals surface area contributed by atoms with Crippen molar-refractivity contribution in [3.05, 3.63) is 29.2 Å². The molecule has 1 heterocycles. The van der Waals surface area contributed by atoms with Crippen molar-refractivity contribution in [2.45, 2.75) is 10.4 Å². The summed E-state index contributed by atoms with van der Waals surface area (Å²) in [5, 5.41) is 20.1. The molecule has 11 heteroatoms. The van der Waals surface area contributed by atoms with Crippen LogP contribution in [0.25, 0.3) is 11.0 Å². The molecular formula is C9H4F3N2O5S-. The number of rotatable bonds is 2. The van der Waals surface area contributed by atoms with E-state index in [4.69, 9.17) is 5.11 Å². The summed E-state index contributed by atoms with van der Waals surface area (Å²) in [4.78, 5) is 12.9. The fraction of sp³-hybridized carbons (Fsp3) is 0.111. The molecular weight excluding hydrogens is 305 g/mol. The summed E-state index contributed by atoms with van der Waals surface area (Å²) in [7, 11) is -5.62. The number of carboxylic acid groups (broad SMARTS) is 1. The molecule has 1 aromatic heterocycles. The molecule has 0 fully saturated rings. The van der Waals surface area contributed by atoms with E-state index in [0.29, 0.717) is 12.1 Å². The average molecular weight is 309 g/mol. The topological polar surface area (TPSA) is 112 Å². The predicted molar refractivity (Wildman–Crippen MR) is 58.7 cm³/mol. The van der Waals surface area contributed by atoms with Gasteiger partial charge in [0.1, 0.15) is 0 Å². The summed E-state index contributed by atoms with van der Waals surface area (Å²) in [6.45, 7) is 0. The first kappa shape index (κ1) is 14.1. The van der Waals surface area contributed by atoms with Crippen molar-refractivity contribution in [1.82, 2.24) is 9.71 Å². The normalized spacial score (nSPS) is 12.8. The first-order valence-corrected chi connectivity index (χ1v) is 6.28. The third kappa shape index (κ3) is 1.95. The fourth-order valence-electron chi connectivity index (χ4n) is 1.47. The van der Waals surface area contributed by atoms with Gasteiger partial charge in [-0.05, 0) is 18.2 Å². The summed E-state index contributed by atoms with van der Waals surface area (Å²) in [6, 6.07) is 1.86. The number of imidazole rings is 1. The van der Waals surface area contributed by atoms with E-state index in [2.05, 4.69) is 4.98 Å². The number of hydrogen-bond donors (Lipinski definition) is 1. The molecule has 1 N–H and O–H groups in total. The van der Waals surface area contributed by atoms with Gasteiger partial charge < -0.3 is 15.0 Å². The largest absolute Gasteiger partial charge is 0.804 e. The maximum Gasteiger partial charge on any atom is 0.501 e. The van der Waals surface area contributed by atoms with E-state index in [-0.39, 0.29) is 10.2 Å². The van der Waals surface area contributed by atoms with Crippen LogP contribution in [0.5, 0.6) is 0 Å². The maximum absolute atomic E-state index is 12.4. The fourth-order valence-corrected chi connectivity index (χ4v) is 2.25. The average Bonchev–Trinajstić information content (AvgIpc) is 2.65. The van der Waals surface area contributed by atoms with Crippen LogP contribution in [-0.2, 0) is 9.84 Å². The van der Waals surface area contributed by atoms with Gasteiger partial charge in [0, 0.05) is 0 Å². The third-order valence-electron chi connectivity index (χ3n) is 2.39. The van der Waals surface area contributed by atoms with Crippen molar-refractivity contribution in [3.63, 3.8) is 0 Å². The number of carboxylic acids is 1. The van der Waals surface area contributed by atoms with Gasteiger partial charge in [0.2, 0.25) is 5.82 Å². The molecule has 7 nitrogen and oxygen atoms in total. The van der Waals surface area contributed by atoms with E-state index in [1.54, 1.807) is 0 Å². The molecule has 2 rings (SSSR count). The summed E-state index contributed by atoms with van der Waals surface area (Å²) in [5.41, 5.74) is -6.32. The molecule has 1 aromatic carbocycles. The Morgan fingerprint density at radius 1 is 1.35 bits per heavy atom. The molecule has 2 aromatic rings. The first-order chi connectivity index (χ1) is 9.05. The zero-order valence-corrected chi connectivity index (χ0v) is 10.1. The first-order valence-electron chi connectivity index (χ1n) is 4.80. The van der Waals surface area contributed by atoms with Crippen LogP contribution in [0.3, 0.4) is 0 Å². The molecule has 0 spiro atoms. The molecule has 0 saturated carbocycles. The van der Waals surface area contributed by atoms with Crippen LogP contribution in [0.15, 0.2) is 23.1 Å². The zero-order chi connectivity index (χ0) is 15.3. The number of sulfone groups is 1. The van der Waals surface area contributed by atoms with Crippen molar-refractivity contribution in [1.29, 1.82) is 0 Å². The lowest BCUT2D eigenvalue weighted by Gasteiger charge is -2.11. The van der Waals surface area contributed by atoms with Gasteiger partial charge in [-0.2, -0.15) is 13.2 Å². The Hall–Kier alpha value is -2.30. The SMILES string of the molecule is O=C(O)c1nc2ccc(S(=O)(=O)C(F)(F)F)cc2n1[O-]. The molecule has 0 radical (unpaired) electrons. The Kier molecular flexibility index (Phi) is 2.89. The van der Waals surface area contributed by atoms with Crippen molar-refractivity contribution in [3.8, 4) is 0 Å². The molecule has 0 aliphatic rings. The van der Waals surface area contributed by atoms with E-state index >= 15 is 0 Å². The van der Waals surface area contributed by atoms with Gasteiger partial charge in [0.15, 0.2) is 0 Å². The van der Waals surface area contributed by atoms with Crippen LogP contribution in [0.1, 0.15) is 10.6 Å². The summed E-state index contributed by atoms with van der Waals surface area (Å²) >= 11 is 0. The molecule has 0 saturated heterocycles. The van der Waals surface area contributed by atoms with E-state index < -0.39 is 37.6 Å². The number of fused-ring (bicyclic) bond motifs is 1. The van der Waals surface area contributed by atoms with Crippen LogP contribution in [0, 0.1) is 5.21 Å². The standard InChI is InChI=1S/C9H4F3N2O5S/c10-9(11,12)20(18,19)4-1-2-5-6(3-4)14(17)7(13-5)8(15)16/h1-3H,(H,15,16)/q-1. The quantitative estimate of drug-likeness (QED) is 0.896. The summed E-state index contributed by atoms with van der Waals surface area (Å²) in [5.74, 6) is -2.64. The molecule has 0 aliphatic heterocycles. The predicted octanol–water partition coefficient (Wildman–Crippen LogP) is 1.37. The number of aromatic nitrogens is 2. The lowest BCUT2D eigenvalue weighted by molar-refractivity contribution is -0.0436. The van der Waals surface area contributed by atoms with Gasteiger partial charge >= 0.3 is 11.5 Å².